The molecule has 0 aromatic heterocycles. The average Bonchev–Trinajstić information content (AvgIpc) is 3.00. The number of carbonyl (C=O) groups is 5. The maximum Gasteiger partial charge on any atom is 0.335 e. The van der Waals surface area contributed by atoms with E-state index in [1.54, 1.807) is 0 Å². The van der Waals surface area contributed by atoms with E-state index in [1.807, 2.05) is 0 Å². The summed E-state index contributed by atoms with van der Waals surface area (Å²) >= 11 is 0. The van der Waals surface area contributed by atoms with Crippen LogP contribution in [0.1, 0.15) is 12.0 Å². The number of benzene rings is 1. The summed E-state index contributed by atoms with van der Waals surface area (Å²) in [6.45, 7) is -0.972. The maximum atomic E-state index is 13.6. The number of rotatable bonds is 9. The van der Waals surface area contributed by atoms with E-state index in [9.17, 15) is 36.8 Å². The highest BCUT2D eigenvalue weighted by Crippen LogP contribution is 2.24. The quantitative estimate of drug-likeness (QED) is 0.161. The van der Waals surface area contributed by atoms with Gasteiger partial charge in [-0.2, -0.15) is 0 Å². The molecule has 15 nitrogen and oxygen atoms in total. The number of aliphatic hydroxyl groups is 2. The van der Waals surface area contributed by atoms with Gasteiger partial charge in [-0.3, -0.25) is 14.4 Å². The molecule has 210 valence electrons. The van der Waals surface area contributed by atoms with Crippen LogP contribution in [0.4, 0.5) is 4.39 Å². The SMILES string of the molecule is COC(=O)CCS(=O)(=O)N1CC(=O)NC/C(=C\c2cc(F)ccc2OC)C1=O.O=C(O)C(O)C(O)C(=O)O. The van der Waals surface area contributed by atoms with E-state index in [-0.39, 0.29) is 23.4 Å². The molecule has 0 bridgehead atoms. The van der Waals surface area contributed by atoms with Crippen LogP contribution in [0.25, 0.3) is 6.08 Å². The topological polar surface area (TPSA) is 234 Å². The first-order chi connectivity index (χ1) is 17.6. The Morgan fingerprint density at radius 1 is 1.13 bits per heavy atom. The van der Waals surface area contributed by atoms with Gasteiger partial charge in [0.1, 0.15) is 18.1 Å². The summed E-state index contributed by atoms with van der Waals surface area (Å²) in [5.41, 5.74) is 0.116. The van der Waals surface area contributed by atoms with Crippen LogP contribution in [0.15, 0.2) is 23.8 Å². The number of nitrogens with one attached hydrogen (secondary N) is 1. The van der Waals surface area contributed by atoms with Crippen LogP contribution in [0.3, 0.4) is 0 Å². The van der Waals surface area contributed by atoms with Crippen LogP contribution >= 0.6 is 0 Å². The molecule has 2 atom stereocenters. The molecule has 1 aliphatic heterocycles. The predicted octanol–water partition coefficient (Wildman–Crippen LogP) is -2.05. The van der Waals surface area contributed by atoms with Crippen molar-refractivity contribution in [3.05, 3.63) is 35.2 Å². The molecule has 1 saturated heterocycles. The Labute approximate surface area is 215 Å². The van der Waals surface area contributed by atoms with Crippen LogP contribution in [0.2, 0.25) is 0 Å². The van der Waals surface area contributed by atoms with Gasteiger partial charge in [0.15, 0.2) is 12.2 Å². The Kier molecular flexibility index (Phi) is 11.8. The summed E-state index contributed by atoms with van der Waals surface area (Å²) in [6, 6.07) is 3.63. The summed E-state index contributed by atoms with van der Waals surface area (Å²) in [5, 5.41) is 34.9. The first-order valence-electron chi connectivity index (χ1n) is 10.4. The van der Waals surface area contributed by atoms with Gasteiger partial charge in [-0.15, -0.1) is 0 Å². The van der Waals surface area contributed by atoms with Gasteiger partial charge in [0.05, 0.1) is 26.4 Å². The number of hydrogen-bond donors (Lipinski definition) is 5. The molecule has 1 fully saturated rings. The summed E-state index contributed by atoms with van der Waals surface area (Å²) in [7, 11) is -1.81. The lowest BCUT2D eigenvalue weighted by Gasteiger charge is -2.19. The molecule has 17 heteroatoms. The normalized spacial score (nSPS) is 16.3. The number of aliphatic carboxylic acids is 2. The highest BCUT2D eigenvalue weighted by Gasteiger charge is 2.34. The Hall–Kier alpha value is -4.09. The summed E-state index contributed by atoms with van der Waals surface area (Å²) in [6.07, 6.45) is -3.75. The van der Waals surface area contributed by atoms with Crippen molar-refractivity contribution in [3.8, 4) is 5.75 Å². The molecule has 2 rings (SSSR count). The molecule has 1 heterocycles. The standard InChI is InChI=1S/C17H19FN2O7S.C4H6O6/c1-26-14-4-3-13(18)8-11(14)7-12-9-19-15(21)10-20(17(12)23)28(24,25)6-5-16(22)27-2;5-1(3(7)8)2(6)4(9)10/h3-4,7-8H,5-6,9-10H2,1-2H3,(H,19,21);1-2,5-6H,(H,7,8)(H,9,10)/b12-7+;. The van der Waals surface area contributed by atoms with Gasteiger partial charge in [0.25, 0.3) is 5.91 Å². The summed E-state index contributed by atoms with van der Waals surface area (Å²) < 4.78 is 48.5. The fourth-order valence-electron chi connectivity index (χ4n) is 2.73. The fraction of sp³-hybridized carbons (Fsp3) is 0.381. The smallest absolute Gasteiger partial charge is 0.335 e. The molecule has 0 saturated carbocycles. The van der Waals surface area contributed by atoms with Crippen molar-refractivity contribution in [2.75, 3.05) is 33.1 Å². The molecular weight excluding hydrogens is 539 g/mol. The fourth-order valence-corrected chi connectivity index (χ4v) is 4.05. The van der Waals surface area contributed by atoms with Crippen LogP contribution in [0.5, 0.6) is 5.75 Å². The molecule has 0 spiro atoms. The molecule has 1 aliphatic rings. The maximum absolute atomic E-state index is 13.6. The van der Waals surface area contributed by atoms with Crippen molar-refractivity contribution in [2.24, 2.45) is 0 Å². The van der Waals surface area contributed by atoms with Gasteiger partial charge < -0.3 is 35.2 Å². The first-order valence-corrected chi connectivity index (χ1v) is 12.0. The second-order valence-electron chi connectivity index (χ2n) is 7.35. The Morgan fingerprint density at radius 2 is 1.71 bits per heavy atom. The highest BCUT2D eigenvalue weighted by atomic mass is 32.2. The molecule has 1 aromatic rings. The lowest BCUT2D eigenvalue weighted by molar-refractivity contribution is -0.165. The van der Waals surface area contributed by atoms with Crippen molar-refractivity contribution in [2.45, 2.75) is 18.6 Å². The Balaban J connectivity index is 0.000000612. The van der Waals surface area contributed by atoms with Gasteiger partial charge in [0, 0.05) is 17.7 Å². The molecule has 38 heavy (non-hydrogen) atoms. The van der Waals surface area contributed by atoms with Gasteiger partial charge >= 0.3 is 17.9 Å². The lowest BCUT2D eigenvalue weighted by Crippen LogP contribution is -2.42. The number of hydrogen-bond acceptors (Lipinski definition) is 11. The number of amides is 2. The lowest BCUT2D eigenvalue weighted by atomic mass is 10.1. The Bertz CT molecular complexity index is 1200. The first kappa shape index (κ1) is 31.9. The molecule has 1 aromatic carbocycles. The third kappa shape index (κ3) is 9.09. The summed E-state index contributed by atoms with van der Waals surface area (Å²) in [4.78, 5) is 55.4. The monoisotopic (exact) mass is 564 g/mol. The molecule has 2 unspecified atom stereocenters. The second-order valence-corrected chi connectivity index (χ2v) is 9.37. The van der Waals surface area contributed by atoms with E-state index in [4.69, 9.17) is 25.2 Å². The third-order valence-electron chi connectivity index (χ3n) is 4.72. The van der Waals surface area contributed by atoms with Gasteiger partial charge in [0.2, 0.25) is 15.9 Å². The number of ether oxygens (including phenoxy) is 2. The number of carboxylic acids is 2. The van der Waals surface area contributed by atoms with E-state index in [2.05, 4.69) is 10.1 Å². The Morgan fingerprint density at radius 3 is 2.21 bits per heavy atom. The zero-order chi connectivity index (χ0) is 29.2. The van der Waals surface area contributed by atoms with Crippen LogP contribution in [-0.2, 0) is 38.7 Å². The van der Waals surface area contributed by atoms with Crippen molar-refractivity contribution >= 4 is 45.8 Å². The number of carboxylic acid groups (broad SMARTS) is 2. The van der Waals surface area contributed by atoms with E-state index in [0.29, 0.717) is 4.31 Å². The number of methoxy groups -OCH3 is 2. The minimum atomic E-state index is -4.27. The number of sulfonamides is 1. The number of carbonyl (C=O) groups excluding carboxylic acids is 3. The van der Waals surface area contributed by atoms with E-state index >= 15 is 0 Å². The predicted molar refractivity (Wildman–Crippen MR) is 123 cm³/mol. The van der Waals surface area contributed by atoms with Crippen molar-refractivity contribution < 1.29 is 66.7 Å². The number of nitrogens with zero attached hydrogens (tertiary/aromatic N) is 1. The third-order valence-corrected chi connectivity index (χ3v) is 6.41. The van der Waals surface area contributed by atoms with E-state index in [1.165, 1.54) is 25.3 Å². The van der Waals surface area contributed by atoms with Gasteiger partial charge in [-0.25, -0.2) is 26.7 Å². The zero-order valence-electron chi connectivity index (χ0n) is 20.0. The molecule has 2 amide bonds. The van der Waals surface area contributed by atoms with Crippen molar-refractivity contribution in [3.63, 3.8) is 0 Å². The molecule has 0 radical (unpaired) electrons. The van der Waals surface area contributed by atoms with E-state index < -0.39 is 76.5 Å². The average molecular weight is 564 g/mol. The number of aliphatic hydroxyl groups excluding tert-OH is 2. The summed E-state index contributed by atoms with van der Waals surface area (Å²) in [5.74, 6) is -6.97. The van der Waals surface area contributed by atoms with Crippen LogP contribution in [0, 0.1) is 5.82 Å². The minimum Gasteiger partial charge on any atom is -0.496 e. The molecular formula is C21H25FN2O13S. The minimum absolute atomic E-state index is 0.0867. The molecule has 5 N–H and O–H groups in total. The number of halogens is 1. The van der Waals surface area contributed by atoms with Crippen molar-refractivity contribution in [1.29, 1.82) is 0 Å². The van der Waals surface area contributed by atoms with Crippen LogP contribution in [-0.4, -0.2) is 108 Å². The largest absolute Gasteiger partial charge is 0.496 e. The van der Waals surface area contributed by atoms with Gasteiger partial charge in [-0.05, 0) is 24.3 Å². The highest BCUT2D eigenvalue weighted by molar-refractivity contribution is 7.89. The van der Waals surface area contributed by atoms with E-state index in [0.717, 1.165) is 13.2 Å². The number of esters is 1. The van der Waals surface area contributed by atoms with Crippen molar-refractivity contribution in [1.82, 2.24) is 9.62 Å². The molecule has 0 aliphatic carbocycles. The van der Waals surface area contributed by atoms with Gasteiger partial charge in [-0.1, -0.05) is 0 Å². The second kappa shape index (κ2) is 14.0. The van der Waals surface area contributed by atoms with Crippen LogP contribution < -0.4 is 10.1 Å². The zero-order valence-corrected chi connectivity index (χ0v) is 20.8.